The molecule has 0 spiro atoms. The van der Waals surface area contributed by atoms with Crippen LogP contribution in [0.3, 0.4) is 0 Å². The highest BCUT2D eigenvalue weighted by Gasteiger charge is 2.39. The quantitative estimate of drug-likeness (QED) is 0.712. The second-order valence-electron chi connectivity index (χ2n) is 3.41. The van der Waals surface area contributed by atoms with E-state index in [1.807, 2.05) is 0 Å². The molecule has 2 rings (SSSR count). The predicted molar refractivity (Wildman–Crippen MR) is 43.2 cm³/mol. The zero-order valence-electron chi connectivity index (χ0n) is 6.99. The Bertz CT molecular complexity index is 341. The van der Waals surface area contributed by atoms with Crippen molar-refractivity contribution in [3.05, 3.63) is 23.7 Å². The van der Waals surface area contributed by atoms with Crippen LogP contribution in [0.25, 0.3) is 0 Å². The molecule has 1 atom stereocenters. The summed E-state index contributed by atoms with van der Waals surface area (Å²) in [6, 6.07) is 0. The van der Waals surface area contributed by atoms with Gasteiger partial charge >= 0.3 is 5.97 Å². The number of rotatable bonds is 2. The maximum Gasteiger partial charge on any atom is 0.306 e. The van der Waals surface area contributed by atoms with E-state index in [9.17, 15) is 9.90 Å². The summed E-state index contributed by atoms with van der Waals surface area (Å²) in [6.07, 6.45) is 3.91. The Kier molecular flexibility index (Phi) is 1.66. The van der Waals surface area contributed by atoms with E-state index in [0.717, 1.165) is 5.56 Å². The Balaban J connectivity index is 2.32. The van der Waals surface area contributed by atoms with Crippen LogP contribution >= 0.6 is 0 Å². The zero-order valence-corrected chi connectivity index (χ0v) is 6.99. The summed E-state index contributed by atoms with van der Waals surface area (Å²) in [7, 11) is 0. The fourth-order valence-electron chi connectivity index (χ4n) is 1.84. The van der Waals surface area contributed by atoms with E-state index in [-0.39, 0.29) is 6.42 Å². The van der Waals surface area contributed by atoms with E-state index in [0.29, 0.717) is 18.4 Å². The molecule has 0 aliphatic heterocycles. The van der Waals surface area contributed by atoms with E-state index < -0.39 is 11.6 Å². The lowest BCUT2D eigenvalue weighted by molar-refractivity contribution is -0.142. The van der Waals surface area contributed by atoms with Crippen molar-refractivity contribution < 1.29 is 19.4 Å². The van der Waals surface area contributed by atoms with Gasteiger partial charge in [-0.25, -0.2) is 0 Å². The topological polar surface area (TPSA) is 70.7 Å². The first-order chi connectivity index (χ1) is 6.12. The number of carboxylic acid groups (broad SMARTS) is 1. The van der Waals surface area contributed by atoms with Gasteiger partial charge in [-0.3, -0.25) is 4.79 Å². The van der Waals surface area contributed by atoms with E-state index in [1.54, 1.807) is 6.26 Å². The zero-order chi connectivity index (χ0) is 9.47. The van der Waals surface area contributed by atoms with Crippen molar-refractivity contribution in [1.29, 1.82) is 0 Å². The molecule has 0 amide bonds. The van der Waals surface area contributed by atoms with Crippen LogP contribution in [-0.2, 0) is 16.8 Å². The van der Waals surface area contributed by atoms with Crippen LogP contribution in [-0.4, -0.2) is 16.2 Å². The highest BCUT2D eigenvalue weighted by Crippen LogP contribution is 2.39. The van der Waals surface area contributed by atoms with Gasteiger partial charge in [0.15, 0.2) is 0 Å². The first kappa shape index (κ1) is 8.31. The summed E-state index contributed by atoms with van der Waals surface area (Å²) in [5, 5.41) is 18.6. The van der Waals surface area contributed by atoms with Crippen LogP contribution in [0.2, 0.25) is 0 Å². The van der Waals surface area contributed by atoms with E-state index in [4.69, 9.17) is 9.52 Å². The fraction of sp³-hybridized carbons (Fsp3) is 0.444. The van der Waals surface area contributed by atoms with Crippen molar-refractivity contribution in [2.45, 2.75) is 24.9 Å². The Hall–Kier alpha value is -1.29. The lowest BCUT2D eigenvalue weighted by atomic mass is 9.94. The molecule has 1 unspecified atom stereocenters. The molecule has 1 aromatic rings. The largest absolute Gasteiger partial charge is 0.481 e. The Morgan fingerprint density at radius 2 is 2.38 bits per heavy atom. The standard InChI is InChI=1S/C9H10O4/c10-8(11)3-9(12)2-1-6-4-13-5-7(6)9/h4-5,12H,1-3H2,(H,10,11). The number of hydrogen-bond donors (Lipinski definition) is 2. The molecule has 1 aromatic heterocycles. The number of hydrogen-bond acceptors (Lipinski definition) is 3. The Labute approximate surface area is 74.8 Å². The molecule has 0 fully saturated rings. The molecule has 70 valence electrons. The van der Waals surface area contributed by atoms with Gasteiger partial charge in [0.05, 0.1) is 18.9 Å². The lowest BCUT2D eigenvalue weighted by Crippen LogP contribution is -2.25. The number of aryl methyl sites for hydroxylation is 1. The minimum absolute atomic E-state index is 0.250. The molecular weight excluding hydrogens is 172 g/mol. The number of carboxylic acids is 1. The summed E-state index contributed by atoms with van der Waals surface area (Å²) in [4.78, 5) is 10.5. The molecular formula is C9H10O4. The van der Waals surface area contributed by atoms with Gasteiger partial charge in [0.25, 0.3) is 0 Å². The van der Waals surface area contributed by atoms with Gasteiger partial charge in [-0.15, -0.1) is 0 Å². The van der Waals surface area contributed by atoms with E-state index in [2.05, 4.69) is 0 Å². The van der Waals surface area contributed by atoms with Gasteiger partial charge in [-0.2, -0.15) is 0 Å². The molecule has 2 N–H and O–H groups in total. The molecule has 0 aromatic carbocycles. The van der Waals surface area contributed by atoms with Gasteiger partial charge in [-0.1, -0.05) is 0 Å². The van der Waals surface area contributed by atoms with Crippen LogP contribution in [0, 0.1) is 0 Å². The predicted octanol–water partition coefficient (Wildman–Crippen LogP) is 0.888. The summed E-state index contributed by atoms with van der Waals surface area (Å²) in [5.74, 6) is -0.989. The van der Waals surface area contributed by atoms with Crippen molar-refractivity contribution in [3.8, 4) is 0 Å². The molecule has 0 radical (unpaired) electrons. The molecule has 4 nitrogen and oxygen atoms in total. The van der Waals surface area contributed by atoms with Crippen molar-refractivity contribution in [3.63, 3.8) is 0 Å². The molecule has 1 aliphatic carbocycles. The summed E-state index contributed by atoms with van der Waals surface area (Å²) >= 11 is 0. The normalized spacial score (nSPS) is 25.9. The molecule has 0 saturated heterocycles. The minimum atomic E-state index is -1.21. The highest BCUT2D eigenvalue weighted by molar-refractivity contribution is 5.69. The van der Waals surface area contributed by atoms with Crippen LogP contribution < -0.4 is 0 Å². The SMILES string of the molecule is O=C(O)CC1(O)CCc2cocc21. The first-order valence-electron chi connectivity index (χ1n) is 4.11. The Morgan fingerprint density at radius 3 is 3.08 bits per heavy atom. The van der Waals surface area contributed by atoms with Gasteiger partial charge < -0.3 is 14.6 Å². The van der Waals surface area contributed by atoms with Gasteiger partial charge in [0.1, 0.15) is 5.60 Å². The van der Waals surface area contributed by atoms with Crippen molar-refractivity contribution >= 4 is 5.97 Å². The number of carbonyl (C=O) groups is 1. The van der Waals surface area contributed by atoms with Gasteiger partial charge in [0, 0.05) is 5.56 Å². The smallest absolute Gasteiger partial charge is 0.306 e. The second kappa shape index (κ2) is 2.60. The number of furan rings is 1. The number of aliphatic hydroxyl groups is 1. The van der Waals surface area contributed by atoms with Crippen molar-refractivity contribution in [1.82, 2.24) is 0 Å². The van der Waals surface area contributed by atoms with Crippen molar-refractivity contribution in [2.24, 2.45) is 0 Å². The fourth-order valence-corrected chi connectivity index (χ4v) is 1.84. The summed E-state index contributed by atoms with van der Waals surface area (Å²) in [5.41, 5.74) is 0.340. The second-order valence-corrected chi connectivity index (χ2v) is 3.41. The minimum Gasteiger partial charge on any atom is -0.481 e. The molecule has 1 aliphatic rings. The van der Waals surface area contributed by atoms with E-state index >= 15 is 0 Å². The lowest BCUT2D eigenvalue weighted by Gasteiger charge is -2.19. The van der Waals surface area contributed by atoms with Crippen LogP contribution in [0.5, 0.6) is 0 Å². The third kappa shape index (κ3) is 1.23. The maximum atomic E-state index is 10.5. The van der Waals surface area contributed by atoms with Gasteiger partial charge in [0.2, 0.25) is 0 Å². The molecule has 0 saturated carbocycles. The third-order valence-electron chi connectivity index (χ3n) is 2.50. The van der Waals surface area contributed by atoms with Crippen LogP contribution in [0.1, 0.15) is 24.0 Å². The molecule has 13 heavy (non-hydrogen) atoms. The van der Waals surface area contributed by atoms with E-state index in [1.165, 1.54) is 6.26 Å². The average Bonchev–Trinajstić information content (AvgIpc) is 2.54. The van der Waals surface area contributed by atoms with Gasteiger partial charge in [-0.05, 0) is 18.4 Å². The molecule has 0 bridgehead atoms. The first-order valence-corrected chi connectivity index (χ1v) is 4.11. The molecule has 4 heteroatoms. The summed E-state index contributed by atoms with van der Waals surface area (Å²) < 4.78 is 4.91. The van der Waals surface area contributed by atoms with Crippen molar-refractivity contribution in [2.75, 3.05) is 0 Å². The monoisotopic (exact) mass is 182 g/mol. The Morgan fingerprint density at radius 1 is 1.62 bits per heavy atom. The average molecular weight is 182 g/mol. The maximum absolute atomic E-state index is 10.5. The third-order valence-corrected chi connectivity index (χ3v) is 2.50. The van der Waals surface area contributed by atoms with Crippen LogP contribution in [0.15, 0.2) is 16.9 Å². The molecule has 1 heterocycles. The number of fused-ring (bicyclic) bond motifs is 1. The number of aliphatic carboxylic acids is 1. The summed E-state index contributed by atoms with van der Waals surface area (Å²) in [6.45, 7) is 0. The van der Waals surface area contributed by atoms with Crippen LogP contribution in [0.4, 0.5) is 0 Å². The highest BCUT2D eigenvalue weighted by atomic mass is 16.4.